The molecule has 1 aliphatic carbocycles. The first kappa shape index (κ1) is 15.0. The number of nitrogens with zero attached hydrogens (tertiary/aromatic N) is 1. The van der Waals surface area contributed by atoms with Crippen LogP contribution in [0.4, 0.5) is 0 Å². The van der Waals surface area contributed by atoms with Crippen molar-refractivity contribution in [2.24, 2.45) is 0 Å². The van der Waals surface area contributed by atoms with Crippen molar-refractivity contribution in [2.45, 2.75) is 31.3 Å². The van der Waals surface area contributed by atoms with Crippen molar-refractivity contribution in [3.8, 4) is 0 Å². The highest BCUT2D eigenvalue weighted by Gasteiger charge is 2.43. The van der Waals surface area contributed by atoms with Gasteiger partial charge >= 0.3 is 0 Å². The number of amides is 1. The largest absolute Gasteiger partial charge is 0.451 e. The lowest BCUT2D eigenvalue weighted by Crippen LogP contribution is -2.42. The Bertz CT molecular complexity index is 885. The normalized spacial score (nSPS) is 23.3. The van der Waals surface area contributed by atoms with Gasteiger partial charge in [0.25, 0.3) is 5.91 Å². The van der Waals surface area contributed by atoms with E-state index in [-0.39, 0.29) is 35.3 Å². The molecule has 1 aromatic heterocycles. The third-order valence-corrected chi connectivity index (χ3v) is 6.45. The molecule has 1 amide bonds. The van der Waals surface area contributed by atoms with Crippen molar-refractivity contribution in [3.05, 3.63) is 35.0 Å². The van der Waals surface area contributed by atoms with Crippen LogP contribution in [0.5, 0.6) is 0 Å². The smallest absolute Gasteiger partial charge is 0.290 e. The molecule has 1 aromatic carbocycles. The molecule has 1 unspecified atom stereocenters. The third-order valence-electron chi connectivity index (χ3n) is 4.47. The van der Waals surface area contributed by atoms with Gasteiger partial charge in [-0.15, -0.1) is 0 Å². The van der Waals surface area contributed by atoms with E-state index in [1.807, 2.05) is 0 Å². The standard InChI is InChI=1S/C16H16ClNO4S/c17-11-1-4-14-10(7-11)8-15(22-14)16(19)18(12-2-3-12)13-5-6-23(20,21)9-13/h1,4,7-8,12-13H,2-3,5-6,9H2. The van der Waals surface area contributed by atoms with E-state index in [1.165, 1.54) is 0 Å². The molecule has 1 saturated carbocycles. The summed E-state index contributed by atoms with van der Waals surface area (Å²) in [4.78, 5) is 14.6. The summed E-state index contributed by atoms with van der Waals surface area (Å²) in [7, 11) is -3.03. The number of carbonyl (C=O) groups is 1. The molecule has 2 fully saturated rings. The Morgan fingerprint density at radius 3 is 2.61 bits per heavy atom. The van der Waals surface area contributed by atoms with Crippen LogP contribution in [-0.2, 0) is 9.84 Å². The first-order valence-electron chi connectivity index (χ1n) is 7.65. The average molecular weight is 354 g/mol. The van der Waals surface area contributed by atoms with Crippen molar-refractivity contribution < 1.29 is 17.6 Å². The second kappa shape index (κ2) is 5.24. The zero-order valence-corrected chi connectivity index (χ0v) is 13.9. The molecule has 2 aliphatic rings. The summed E-state index contributed by atoms with van der Waals surface area (Å²) in [6.45, 7) is 0. The lowest BCUT2D eigenvalue weighted by Gasteiger charge is -2.27. The fraction of sp³-hybridized carbons (Fsp3) is 0.438. The van der Waals surface area contributed by atoms with Gasteiger partial charge in [0, 0.05) is 22.5 Å². The summed E-state index contributed by atoms with van der Waals surface area (Å²) in [5.74, 6) is 0.242. The van der Waals surface area contributed by atoms with Gasteiger partial charge in [-0.05, 0) is 43.5 Å². The Morgan fingerprint density at radius 2 is 1.96 bits per heavy atom. The Kier molecular flexibility index (Phi) is 3.43. The summed E-state index contributed by atoms with van der Waals surface area (Å²) in [5, 5.41) is 1.36. The predicted octanol–water partition coefficient (Wildman–Crippen LogP) is 2.88. The minimum absolute atomic E-state index is 0.0568. The number of halogens is 1. The summed E-state index contributed by atoms with van der Waals surface area (Å²) in [6, 6.07) is 6.77. The fourth-order valence-electron chi connectivity index (χ4n) is 3.22. The number of furan rings is 1. The molecule has 1 atom stereocenters. The Morgan fingerprint density at radius 1 is 1.17 bits per heavy atom. The third kappa shape index (κ3) is 2.85. The minimum Gasteiger partial charge on any atom is -0.451 e. The maximum Gasteiger partial charge on any atom is 0.290 e. The SMILES string of the molecule is O=C(c1cc2cc(Cl)ccc2o1)N(C1CC1)C1CCS(=O)(=O)C1. The minimum atomic E-state index is -3.03. The van der Waals surface area contributed by atoms with Crippen LogP contribution in [0.1, 0.15) is 29.8 Å². The number of benzene rings is 1. The Balaban J connectivity index is 1.66. The van der Waals surface area contributed by atoms with Crippen LogP contribution in [0, 0.1) is 0 Å². The summed E-state index contributed by atoms with van der Waals surface area (Å²) >= 11 is 5.96. The molecule has 5 nitrogen and oxygen atoms in total. The summed E-state index contributed by atoms with van der Waals surface area (Å²) in [5.41, 5.74) is 0.604. The molecule has 0 spiro atoms. The van der Waals surface area contributed by atoms with Crippen molar-refractivity contribution in [2.75, 3.05) is 11.5 Å². The number of hydrogen-bond acceptors (Lipinski definition) is 4. The van der Waals surface area contributed by atoms with Crippen LogP contribution in [0.3, 0.4) is 0 Å². The number of fused-ring (bicyclic) bond motifs is 1. The van der Waals surface area contributed by atoms with Crippen molar-refractivity contribution in [1.29, 1.82) is 0 Å². The van der Waals surface area contributed by atoms with Crippen LogP contribution in [-0.4, -0.2) is 42.8 Å². The fourth-order valence-corrected chi connectivity index (χ4v) is 5.12. The van der Waals surface area contributed by atoms with Gasteiger partial charge in [-0.1, -0.05) is 11.6 Å². The molecule has 23 heavy (non-hydrogen) atoms. The number of rotatable bonds is 3. The quantitative estimate of drug-likeness (QED) is 0.850. The highest BCUT2D eigenvalue weighted by Crippen LogP contribution is 2.34. The maximum absolute atomic E-state index is 12.9. The van der Waals surface area contributed by atoms with E-state index in [1.54, 1.807) is 29.2 Å². The molecule has 2 heterocycles. The summed E-state index contributed by atoms with van der Waals surface area (Å²) in [6.07, 6.45) is 2.36. The van der Waals surface area contributed by atoms with Crippen LogP contribution < -0.4 is 0 Å². The first-order valence-corrected chi connectivity index (χ1v) is 9.85. The molecular formula is C16H16ClNO4S. The lowest BCUT2D eigenvalue weighted by atomic mass is 10.2. The maximum atomic E-state index is 12.9. The highest BCUT2D eigenvalue weighted by atomic mass is 35.5. The van der Waals surface area contributed by atoms with Crippen LogP contribution in [0.25, 0.3) is 11.0 Å². The van der Waals surface area contributed by atoms with E-state index < -0.39 is 9.84 Å². The van der Waals surface area contributed by atoms with Gasteiger partial charge in [0.2, 0.25) is 0 Å². The van der Waals surface area contributed by atoms with Crippen LogP contribution in [0.15, 0.2) is 28.7 Å². The molecule has 0 bridgehead atoms. The van der Waals surface area contributed by atoms with Gasteiger partial charge in [-0.3, -0.25) is 4.79 Å². The number of carbonyl (C=O) groups excluding carboxylic acids is 1. The van der Waals surface area contributed by atoms with E-state index >= 15 is 0 Å². The van der Waals surface area contributed by atoms with Crippen molar-refractivity contribution in [1.82, 2.24) is 4.90 Å². The van der Waals surface area contributed by atoms with Gasteiger partial charge in [0.15, 0.2) is 15.6 Å². The molecule has 122 valence electrons. The van der Waals surface area contributed by atoms with Gasteiger partial charge in [-0.25, -0.2) is 8.42 Å². The lowest BCUT2D eigenvalue weighted by molar-refractivity contribution is 0.0650. The van der Waals surface area contributed by atoms with E-state index in [0.29, 0.717) is 17.0 Å². The molecule has 1 aliphatic heterocycles. The van der Waals surface area contributed by atoms with Crippen LogP contribution >= 0.6 is 11.6 Å². The molecule has 0 N–H and O–H groups in total. The van der Waals surface area contributed by atoms with E-state index in [2.05, 4.69) is 0 Å². The molecule has 2 aromatic rings. The monoisotopic (exact) mass is 353 g/mol. The topological polar surface area (TPSA) is 67.6 Å². The molecule has 4 rings (SSSR count). The predicted molar refractivity (Wildman–Crippen MR) is 87.5 cm³/mol. The molecular weight excluding hydrogens is 338 g/mol. The van der Waals surface area contributed by atoms with Crippen LogP contribution in [0.2, 0.25) is 5.02 Å². The number of sulfone groups is 1. The van der Waals surface area contributed by atoms with E-state index in [9.17, 15) is 13.2 Å². The molecule has 1 saturated heterocycles. The van der Waals surface area contributed by atoms with Gasteiger partial charge in [0.1, 0.15) is 5.58 Å². The zero-order valence-electron chi connectivity index (χ0n) is 12.4. The first-order chi connectivity index (χ1) is 10.9. The van der Waals surface area contributed by atoms with Crippen molar-refractivity contribution in [3.63, 3.8) is 0 Å². The van der Waals surface area contributed by atoms with Gasteiger partial charge in [-0.2, -0.15) is 0 Å². The zero-order chi connectivity index (χ0) is 16.2. The Hall–Kier alpha value is -1.53. The van der Waals surface area contributed by atoms with Crippen molar-refractivity contribution >= 4 is 38.3 Å². The van der Waals surface area contributed by atoms with Gasteiger partial charge < -0.3 is 9.32 Å². The highest BCUT2D eigenvalue weighted by molar-refractivity contribution is 7.91. The Labute approximate surface area is 139 Å². The average Bonchev–Trinajstić information content (AvgIpc) is 3.12. The van der Waals surface area contributed by atoms with Gasteiger partial charge in [0.05, 0.1) is 11.5 Å². The summed E-state index contributed by atoms with van der Waals surface area (Å²) < 4.78 is 29.2. The molecule has 7 heteroatoms. The molecule has 0 radical (unpaired) electrons. The van der Waals surface area contributed by atoms with E-state index in [4.69, 9.17) is 16.0 Å². The second-order valence-corrected chi connectivity index (χ2v) is 8.96. The van der Waals surface area contributed by atoms with E-state index in [0.717, 1.165) is 18.2 Å². The number of hydrogen-bond donors (Lipinski definition) is 0. The second-order valence-electron chi connectivity index (χ2n) is 6.29.